The summed E-state index contributed by atoms with van der Waals surface area (Å²) < 4.78 is 36.7. The van der Waals surface area contributed by atoms with Gasteiger partial charge in [0.1, 0.15) is 0 Å². The molecule has 0 heterocycles. The van der Waals surface area contributed by atoms with Crippen LogP contribution in [0.15, 0.2) is 36.0 Å². The van der Waals surface area contributed by atoms with Crippen molar-refractivity contribution in [3.8, 4) is 6.07 Å². The number of nitrogens with zero attached hydrogens (tertiary/aromatic N) is 1. The first-order chi connectivity index (χ1) is 5.97. The lowest BCUT2D eigenvalue weighted by atomic mass is 10.1. The molecule has 0 spiro atoms. The van der Waals surface area contributed by atoms with Gasteiger partial charge < -0.3 is 0 Å². The number of hydrogen-bond donors (Lipinski definition) is 0. The van der Waals surface area contributed by atoms with Gasteiger partial charge in [-0.3, -0.25) is 0 Å². The minimum Gasteiger partial charge on any atom is -0.192 e. The zero-order valence-corrected chi connectivity index (χ0v) is 7.02. The molecular weight excluding hydrogens is 179 g/mol. The van der Waals surface area contributed by atoms with E-state index >= 15 is 0 Å². The van der Waals surface area contributed by atoms with Gasteiger partial charge in [-0.15, -0.1) is 0 Å². The summed E-state index contributed by atoms with van der Waals surface area (Å²) in [5.41, 5.74) is -1.43. The van der Waals surface area contributed by atoms with E-state index in [1.165, 1.54) is 19.1 Å². The minimum absolute atomic E-state index is 0.467. The molecule has 0 aliphatic rings. The SMILES string of the molecule is C=C/C(C#N)=C(\C=C/C)C(F)(F)F. The maximum atomic E-state index is 12.2. The largest absolute Gasteiger partial charge is 0.417 e. The zero-order chi connectivity index (χ0) is 10.5. The van der Waals surface area contributed by atoms with Gasteiger partial charge in [0.05, 0.1) is 17.2 Å². The third-order valence-corrected chi connectivity index (χ3v) is 1.25. The van der Waals surface area contributed by atoms with Crippen LogP contribution in [0.25, 0.3) is 0 Å². The van der Waals surface area contributed by atoms with Gasteiger partial charge in [0.2, 0.25) is 0 Å². The Hall–Kier alpha value is -1.50. The highest BCUT2D eigenvalue weighted by molar-refractivity contribution is 5.44. The number of halogens is 3. The normalized spacial score (nSPS) is 13.8. The molecule has 0 aromatic carbocycles. The van der Waals surface area contributed by atoms with Crippen LogP contribution in [0.3, 0.4) is 0 Å². The number of rotatable bonds is 2. The summed E-state index contributed by atoms with van der Waals surface area (Å²) in [6, 6.07) is 1.43. The number of hydrogen-bond acceptors (Lipinski definition) is 1. The van der Waals surface area contributed by atoms with Crippen LogP contribution >= 0.6 is 0 Å². The molecule has 4 heteroatoms. The third-order valence-electron chi connectivity index (χ3n) is 1.25. The molecule has 0 bridgehead atoms. The zero-order valence-electron chi connectivity index (χ0n) is 7.02. The summed E-state index contributed by atoms with van der Waals surface area (Å²) in [7, 11) is 0. The van der Waals surface area contributed by atoms with E-state index in [0.717, 1.165) is 12.2 Å². The fourth-order valence-corrected chi connectivity index (χ4v) is 0.719. The Morgan fingerprint density at radius 3 is 2.23 bits per heavy atom. The summed E-state index contributed by atoms with van der Waals surface area (Å²) in [6.45, 7) is 4.58. The second kappa shape index (κ2) is 4.51. The van der Waals surface area contributed by atoms with Crippen LogP contribution in [0.4, 0.5) is 13.2 Å². The first-order valence-electron chi connectivity index (χ1n) is 3.44. The molecule has 0 N–H and O–H groups in total. The van der Waals surface area contributed by atoms with Crippen molar-refractivity contribution in [2.75, 3.05) is 0 Å². The van der Waals surface area contributed by atoms with Crippen LogP contribution in [-0.2, 0) is 0 Å². The maximum absolute atomic E-state index is 12.2. The van der Waals surface area contributed by atoms with Crippen molar-refractivity contribution >= 4 is 0 Å². The number of allylic oxidation sites excluding steroid dienone is 5. The Bertz CT molecular complexity index is 289. The lowest BCUT2D eigenvalue weighted by Crippen LogP contribution is -2.11. The highest BCUT2D eigenvalue weighted by Gasteiger charge is 2.33. The predicted octanol–water partition coefficient (Wildman–Crippen LogP) is 3.13. The molecule has 0 saturated heterocycles. The average Bonchev–Trinajstić information content (AvgIpc) is 2.03. The monoisotopic (exact) mass is 187 g/mol. The maximum Gasteiger partial charge on any atom is 0.417 e. The molecule has 0 amide bonds. The molecule has 0 radical (unpaired) electrons. The van der Waals surface area contributed by atoms with Crippen LogP contribution in [-0.4, -0.2) is 6.18 Å². The van der Waals surface area contributed by atoms with Crippen molar-refractivity contribution in [1.29, 1.82) is 5.26 Å². The van der Waals surface area contributed by atoms with Gasteiger partial charge in [-0.05, 0) is 6.92 Å². The highest BCUT2D eigenvalue weighted by Crippen LogP contribution is 2.29. The molecule has 70 valence electrons. The van der Waals surface area contributed by atoms with Crippen molar-refractivity contribution in [3.05, 3.63) is 36.0 Å². The van der Waals surface area contributed by atoms with Crippen molar-refractivity contribution in [2.45, 2.75) is 13.1 Å². The van der Waals surface area contributed by atoms with E-state index in [-0.39, 0.29) is 0 Å². The molecule has 0 aliphatic carbocycles. The second-order valence-electron chi connectivity index (χ2n) is 2.14. The first-order valence-corrected chi connectivity index (χ1v) is 3.44. The summed E-state index contributed by atoms with van der Waals surface area (Å²) in [5, 5.41) is 8.37. The average molecular weight is 187 g/mol. The van der Waals surface area contributed by atoms with Crippen molar-refractivity contribution in [3.63, 3.8) is 0 Å². The Kier molecular flexibility index (Phi) is 3.99. The predicted molar refractivity (Wildman–Crippen MR) is 43.7 cm³/mol. The van der Waals surface area contributed by atoms with Crippen LogP contribution < -0.4 is 0 Å². The van der Waals surface area contributed by atoms with Gasteiger partial charge >= 0.3 is 6.18 Å². The van der Waals surface area contributed by atoms with Crippen LogP contribution in [0.1, 0.15) is 6.92 Å². The molecule has 0 atom stereocenters. The standard InChI is InChI=1S/C9H8F3N/c1-3-5-8(9(10,11)12)7(4-2)6-13/h3-5H,2H2,1H3/b5-3-,8-7-. The van der Waals surface area contributed by atoms with Crippen LogP contribution in [0.2, 0.25) is 0 Å². The van der Waals surface area contributed by atoms with E-state index in [2.05, 4.69) is 6.58 Å². The van der Waals surface area contributed by atoms with Gasteiger partial charge in [-0.2, -0.15) is 18.4 Å². The van der Waals surface area contributed by atoms with Gasteiger partial charge in [0, 0.05) is 0 Å². The van der Waals surface area contributed by atoms with Crippen molar-refractivity contribution in [2.24, 2.45) is 0 Å². The Morgan fingerprint density at radius 2 is 2.00 bits per heavy atom. The van der Waals surface area contributed by atoms with Gasteiger partial charge in [-0.25, -0.2) is 0 Å². The molecule has 13 heavy (non-hydrogen) atoms. The molecule has 0 rings (SSSR count). The van der Waals surface area contributed by atoms with Crippen LogP contribution in [0, 0.1) is 11.3 Å². The third kappa shape index (κ3) is 3.16. The number of nitriles is 1. The van der Waals surface area contributed by atoms with E-state index < -0.39 is 17.3 Å². The first kappa shape index (κ1) is 11.5. The quantitative estimate of drug-likeness (QED) is 0.481. The molecule has 0 saturated carbocycles. The summed E-state index contributed by atoms with van der Waals surface area (Å²) in [6.07, 6.45) is -1.54. The molecule has 0 unspecified atom stereocenters. The molecule has 0 aliphatic heterocycles. The minimum atomic E-state index is -4.51. The smallest absolute Gasteiger partial charge is 0.192 e. The van der Waals surface area contributed by atoms with Gasteiger partial charge in [0.25, 0.3) is 0 Å². The summed E-state index contributed by atoms with van der Waals surface area (Å²) >= 11 is 0. The summed E-state index contributed by atoms with van der Waals surface area (Å²) in [5.74, 6) is 0. The number of alkyl halides is 3. The lowest BCUT2D eigenvalue weighted by Gasteiger charge is -2.07. The summed E-state index contributed by atoms with van der Waals surface area (Å²) in [4.78, 5) is 0. The Labute approximate surface area is 74.5 Å². The van der Waals surface area contributed by atoms with Crippen molar-refractivity contribution in [1.82, 2.24) is 0 Å². The van der Waals surface area contributed by atoms with Gasteiger partial charge in [-0.1, -0.05) is 24.8 Å². The fraction of sp³-hybridized carbons (Fsp3) is 0.222. The molecule has 0 fully saturated rings. The van der Waals surface area contributed by atoms with Gasteiger partial charge in [0.15, 0.2) is 0 Å². The van der Waals surface area contributed by atoms with Crippen molar-refractivity contribution < 1.29 is 13.2 Å². The molecule has 0 aromatic rings. The molecular formula is C9H8F3N. The Balaban J connectivity index is 5.38. The van der Waals surface area contributed by atoms with Crippen LogP contribution in [0.5, 0.6) is 0 Å². The lowest BCUT2D eigenvalue weighted by molar-refractivity contribution is -0.0885. The van der Waals surface area contributed by atoms with E-state index in [1.807, 2.05) is 0 Å². The topological polar surface area (TPSA) is 23.8 Å². The van der Waals surface area contributed by atoms with E-state index in [9.17, 15) is 13.2 Å². The molecule has 0 aromatic heterocycles. The second-order valence-corrected chi connectivity index (χ2v) is 2.14. The van der Waals surface area contributed by atoms with E-state index in [1.54, 1.807) is 0 Å². The Morgan fingerprint density at radius 1 is 1.46 bits per heavy atom. The fourth-order valence-electron chi connectivity index (χ4n) is 0.719. The highest BCUT2D eigenvalue weighted by atomic mass is 19.4. The van der Waals surface area contributed by atoms with E-state index in [0.29, 0.717) is 0 Å². The molecule has 1 nitrogen and oxygen atoms in total. The van der Waals surface area contributed by atoms with E-state index in [4.69, 9.17) is 5.26 Å².